The zero-order valence-corrected chi connectivity index (χ0v) is 12.9. The van der Waals surface area contributed by atoms with Crippen LogP contribution in [-0.2, 0) is 0 Å². The Morgan fingerprint density at radius 2 is 1.60 bits per heavy atom. The quantitative estimate of drug-likeness (QED) is 0.505. The summed E-state index contributed by atoms with van der Waals surface area (Å²) < 4.78 is 1.17. The minimum atomic E-state index is -1.19. The highest BCUT2D eigenvalue weighted by Crippen LogP contribution is 2.11. The summed E-state index contributed by atoms with van der Waals surface area (Å²) in [6, 6.07) is 14.3. The van der Waals surface area contributed by atoms with Crippen LogP contribution in [0.25, 0.3) is 0 Å². The second-order valence-electron chi connectivity index (χ2n) is 4.18. The summed E-state index contributed by atoms with van der Waals surface area (Å²) in [5, 5.41) is 14.9. The van der Waals surface area contributed by atoms with Gasteiger partial charge in [0.05, 0.1) is 17.4 Å². The third-order valence-corrected chi connectivity index (χ3v) is 3.45. The molecular formula is C15H12IN2O2-. The number of carboxylic acid groups (broad SMARTS) is 1. The number of carbonyl (C=O) groups is 1. The average Bonchev–Trinajstić information content (AvgIpc) is 2.46. The van der Waals surface area contributed by atoms with Gasteiger partial charge in [-0.25, -0.2) is 0 Å². The van der Waals surface area contributed by atoms with Crippen molar-refractivity contribution in [1.82, 2.24) is 0 Å². The van der Waals surface area contributed by atoms with Crippen molar-refractivity contribution in [3.8, 4) is 0 Å². The fourth-order valence-corrected chi connectivity index (χ4v) is 1.94. The number of hydrogen-bond donors (Lipinski definition) is 1. The van der Waals surface area contributed by atoms with E-state index in [0.717, 1.165) is 17.0 Å². The molecular weight excluding hydrogens is 367 g/mol. The Hall–Kier alpha value is -1.89. The molecule has 0 heterocycles. The normalized spacial score (nSPS) is 11.2. The molecule has 0 aromatic heterocycles. The number of carboxylic acids is 1. The molecule has 0 radical (unpaired) electrons. The van der Waals surface area contributed by atoms with E-state index >= 15 is 0 Å². The Balaban J connectivity index is 2.08. The fraction of sp³-hybridized carbons (Fsp3) is 0.0667. The molecule has 0 saturated heterocycles. The lowest BCUT2D eigenvalue weighted by Gasteiger charge is -2.06. The lowest BCUT2D eigenvalue weighted by molar-refractivity contribution is -0.255. The van der Waals surface area contributed by atoms with Gasteiger partial charge in [0.1, 0.15) is 0 Å². The van der Waals surface area contributed by atoms with E-state index in [-0.39, 0.29) is 5.56 Å². The summed E-state index contributed by atoms with van der Waals surface area (Å²) in [7, 11) is 0. The summed E-state index contributed by atoms with van der Waals surface area (Å²) in [4.78, 5) is 10.6. The predicted molar refractivity (Wildman–Crippen MR) is 85.8 cm³/mol. The topological polar surface area (TPSA) is 64.5 Å². The van der Waals surface area contributed by atoms with Gasteiger partial charge in [-0.1, -0.05) is 24.3 Å². The van der Waals surface area contributed by atoms with Crippen molar-refractivity contribution in [3.05, 3.63) is 63.2 Å². The van der Waals surface area contributed by atoms with Crippen LogP contribution in [0.15, 0.2) is 53.6 Å². The van der Waals surface area contributed by atoms with Gasteiger partial charge in [0, 0.05) is 3.57 Å². The second kappa shape index (κ2) is 6.51. The number of aromatic carboxylic acids is 1. The molecule has 0 saturated carbocycles. The summed E-state index contributed by atoms with van der Waals surface area (Å²) in [6.45, 7) is 1.91. The summed E-state index contributed by atoms with van der Waals surface area (Å²) in [6.07, 6.45) is 0. The molecule has 2 aromatic carbocycles. The van der Waals surface area contributed by atoms with E-state index in [0.29, 0.717) is 0 Å². The van der Waals surface area contributed by atoms with Crippen LogP contribution < -0.4 is 10.5 Å². The molecule has 0 spiro atoms. The maximum Gasteiger partial charge on any atom is 0.0715 e. The van der Waals surface area contributed by atoms with Gasteiger partial charge in [-0.3, -0.25) is 5.43 Å². The molecule has 1 N–H and O–H groups in total. The maximum atomic E-state index is 10.6. The number of hydrazone groups is 1. The Bertz CT molecular complexity index is 634. The Morgan fingerprint density at radius 1 is 1.05 bits per heavy atom. The molecule has 0 aliphatic heterocycles. The van der Waals surface area contributed by atoms with Gasteiger partial charge in [-0.2, -0.15) is 5.10 Å². The van der Waals surface area contributed by atoms with Gasteiger partial charge in [0.15, 0.2) is 0 Å². The standard InChI is InChI=1S/C15H13IN2O2/c1-10(11-2-6-13(16)7-3-11)17-18-14-8-4-12(5-9-14)15(19)20/h2-9,18H,1H3,(H,19,20)/p-1/b17-10-. The first-order chi connectivity index (χ1) is 9.56. The minimum absolute atomic E-state index is 0.147. The zero-order chi connectivity index (χ0) is 14.5. The van der Waals surface area contributed by atoms with Crippen LogP contribution in [0.3, 0.4) is 0 Å². The van der Waals surface area contributed by atoms with Crippen LogP contribution in [0.5, 0.6) is 0 Å². The van der Waals surface area contributed by atoms with Crippen LogP contribution in [0.2, 0.25) is 0 Å². The Labute approximate surface area is 130 Å². The number of carbonyl (C=O) groups excluding carboxylic acids is 1. The van der Waals surface area contributed by atoms with Crippen LogP contribution in [0.4, 0.5) is 5.69 Å². The number of hydrogen-bond acceptors (Lipinski definition) is 4. The molecule has 4 nitrogen and oxygen atoms in total. The summed E-state index contributed by atoms with van der Waals surface area (Å²) >= 11 is 2.25. The van der Waals surface area contributed by atoms with Crippen molar-refractivity contribution in [1.29, 1.82) is 0 Å². The molecule has 0 amide bonds. The van der Waals surface area contributed by atoms with Crippen LogP contribution in [0, 0.1) is 3.57 Å². The van der Waals surface area contributed by atoms with Crippen molar-refractivity contribution in [2.75, 3.05) is 5.43 Å². The first-order valence-electron chi connectivity index (χ1n) is 5.94. The summed E-state index contributed by atoms with van der Waals surface area (Å²) in [5.41, 5.74) is 5.65. The van der Waals surface area contributed by atoms with Crippen LogP contribution in [-0.4, -0.2) is 11.7 Å². The largest absolute Gasteiger partial charge is 0.545 e. The van der Waals surface area contributed by atoms with Gasteiger partial charge >= 0.3 is 0 Å². The zero-order valence-electron chi connectivity index (χ0n) is 10.8. The van der Waals surface area contributed by atoms with E-state index < -0.39 is 5.97 Å². The average molecular weight is 379 g/mol. The lowest BCUT2D eigenvalue weighted by atomic mass is 10.1. The number of halogens is 1. The number of benzene rings is 2. The molecule has 0 bridgehead atoms. The molecule has 0 unspecified atom stereocenters. The predicted octanol–water partition coefficient (Wildman–Crippen LogP) is 2.49. The van der Waals surface area contributed by atoms with Crippen LogP contribution in [0.1, 0.15) is 22.8 Å². The van der Waals surface area contributed by atoms with Gasteiger partial charge in [-0.15, -0.1) is 0 Å². The highest BCUT2D eigenvalue weighted by molar-refractivity contribution is 14.1. The molecule has 102 valence electrons. The van der Waals surface area contributed by atoms with Gasteiger partial charge < -0.3 is 9.90 Å². The monoisotopic (exact) mass is 379 g/mol. The van der Waals surface area contributed by atoms with Crippen molar-refractivity contribution in [3.63, 3.8) is 0 Å². The smallest absolute Gasteiger partial charge is 0.0715 e. The Kier molecular flexibility index (Phi) is 4.73. The molecule has 20 heavy (non-hydrogen) atoms. The number of nitrogens with one attached hydrogen (secondary N) is 1. The molecule has 0 aliphatic carbocycles. The fourth-order valence-electron chi connectivity index (χ4n) is 1.58. The highest BCUT2D eigenvalue weighted by Gasteiger charge is 1.98. The SMILES string of the molecule is C/C(=N/Nc1ccc(C(=O)[O-])cc1)c1ccc(I)cc1. The van der Waals surface area contributed by atoms with E-state index in [1.165, 1.54) is 15.7 Å². The van der Waals surface area contributed by atoms with E-state index in [1.54, 1.807) is 12.1 Å². The van der Waals surface area contributed by atoms with Gasteiger partial charge in [0.25, 0.3) is 0 Å². The number of anilines is 1. The minimum Gasteiger partial charge on any atom is -0.545 e. The van der Waals surface area contributed by atoms with Crippen molar-refractivity contribution in [2.45, 2.75) is 6.92 Å². The van der Waals surface area contributed by atoms with E-state index in [9.17, 15) is 9.90 Å². The molecule has 0 atom stereocenters. The highest BCUT2D eigenvalue weighted by atomic mass is 127. The van der Waals surface area contributed by atoms with Crippen molar-refractivity contribution < 1.29 is 9.90 Å². The molecule has 0 fully saturated rings. The molecule has 2 aromatic rings. The lowest BCUT2D eigenvalue weighted by Crippen LogP contribution is -2.21. The van der Waals surface area contributed by atoms with Gasteiger partial charge in [-0.05, 0) is 64.9 Å². The third-order valence-electron chi connectivity index (χ3n) is 2.74. The molecule has 5 heteroatoms. The van der Waals surface area contributed by atoms with Gasteiger partial charge in [0.2, 0.25) is 0 Å². The summed E-state index contributed by atoms with van der Waals surface area (Å²) in [5.74, 6) is -1.19. The number of nitrogens with zero attached hydrogens (tertiary/aromatic N) is 1. The Morgan fingerprint density at radius 3 is 2.15 bits per heavy atom. The first-order valence-corrected chi connectivity index (χ1v) is 7.02. The van der Waals surface area contributed by atoms with Crippen LogP contribution >= 0.6 is 22.6 Å². The molecule has 2 rings (SSSR count). The number of rotatable bonds is 4. The first kappa shape index (κ1) is 14.5. The molecule has 0 aliphatic rings. The third kappa shape index (κ3) is 3.80. The van der Waals surface area contributed by atoms with Crippen molar-refractivity contribution in [2.24, 2.45) is 5.10 Å². The van der Waals surface area contributed by atoms with E-state index in [4.69, 9.17) is 0 Å². The second-order valence-corrected chi connectivity index (χ2v) is 5.43. The van der Waals surface area contributed by atoms with Crippen molar-refractivity contribution >= 4 is 40.0 Å². The van der Waals surface area contributed by atoms with E-state index in [2.05, 4.69) is 33.1 Å². The van der Waals surface area contributed by atoms with E-state index in [1.807, 2.05) is 31.2 Å². The maximum absolute atomic E-state index is 10.6.